The van der Waals surface area contributed by atoms with E-state index in [1.54, 1.807) is 24.3 Å². The van der Waals surface area contributed by atoms with E-state index in [-0.39, 0.29) is 19.1 Å². The molecule has 11 nitrogen and oxygen atoms in total. The largest absolute Gasteiger partial charge is 0.493 e. The van der Waals surface area contributed by atoms with Crippen LogP contribution < -0.4 is 23.7 Å². The van der Waals surface area contributed by atoms with Crippen molar-refractivity contribution in [2.45, 2.75) is 12.8 Å². The molecular weight excluding hydrogens is 474 g/mol. The van der Waals surface area contributed by atoms with Gasteiger partial charge in [0.1, 0.15) is 6.61 Å². The molecule has 11 heteroatoms. The Kier molecular flexibility index (Phi) is 7.09. The number of fused-ring (bicyclic) bond motifs is 2. The summed E-state index contributed by atoms with van der Waals surface area (Å²) < 4.78 is 38.1. The molecule has 0 radical (unpaired) electrons. The van der Waals surface area contributed by atoms with E-state index in [4.69, 9.17) is 33.2 Å². The molecule has 1 heterocycles. The molecule has 2 aromatic rings. The normalized spacial score (nSPS) is 20.9. The summed E-state index contributed by atoms with van der Waals surface area (Å²) in [5, 5.41) is 13.6. The SMILES string of the molecule is COC(=O)[C@H]1[C@H](c2cc(OC)c(OC)c(OC)c2)c2cc3c(cc2/C(=N\O)[C@H]1COC(C)=O)OCO3. The molecule has 1 aliphatic heterocycles. The van der Waals surface area contributed by atoms with Crippen LogP contribution in [0.15, 0.2) is 29.4 Å². The van der Waals surface area contributed by atoms with E-state index in [0.29, 0.717) is 45.4 Å². The average Bonchev–Trinajstić information content (AvgIpc) is 3.35. The lowest BCUT2D eigenvalue weighted by molar-refractivity contribution is -0.151. The van der Waals surface area contributed by atoms with Crippen LogP contribution in [0.1, 0.15) is 29.5 Å². The molecule has 0 amide bonds. The highest BCUT2D eigenvalue weighted by Gasteiger charge is 2.48. The van der Waals surface area contributed by atoms with Gasteiger partial charge >= 0.3 is 11.9 Å². The van der Waals surface area contributed by atoms with Crippen LogP contribution in [0.5, 0.6) is 28.7 Å². The Morgan fingerprint density at radius 3 is 2.17 bits per heavy atom. The van der Waals surface area contributed by atoms with Crippen molar-refractivity contribution in [3.63, 3.8) is 0 Å². The van der Waals surface area contributed by atoms with Crippen molar-refractivity contribution in [2.75, 3.05) is 41.8 Å². The number of benzene rings is 2. The lowest BCUT2D eigenvalue weighted by atomic mass is 9.65. The van der Waals surface area contributed by atoms with Gasteiger partial charge in [-0.05, 0) is 35.4 Å². The molecule has 192 valence electrons. The lowest BCUT2D eigenvalue weighted by Crippen LogP contribution is -2.43. The quantitative estimate of drug-likeness (QED) is 0.343. The van der Waals surface area contributed by atoms with Crippen molar-refractivity contribution in [3.05, 3.63) is 41.0 Å². The molecule has 1 N–H and O–H groups in total. The van der Waals surface area contributed by atoms with Gasteiger partial charge < -0.3 is 38.4 Å². The molecule has 0 saturated heterocycles. The van der Waals surface area contributed by atoms with Gasteiger partial charge in [-0.2, -0.15) is 0 Å². The monoisotopic (exact) mass is 501 g/mol. The maximum atomic E-state index is 13.3. The fourth-order valence-electron chi connectivity index (χ4n) is 4.85. The Morgan fingerprint density at radius 2 is 1.64 bits per heavy atom. The molecule has 36 heavy (non-hydrogen) atoms. The maximum absolute atomic E-state index is 13.3. The van der Waals surface area contributed by atoms with Gasteiger partial charge in [-0.15, -0.1) is 0 Å². The molecule has 4 rings (SSSR count). The Morgan fingerprint density at radius 1 is 1.00 bits per heavy atom. The summed E-state index contributed by atoms with van der Waals surface area (Å²) in [6.45, 7) is 1.06. The van der Waals surface area contributed by atoms with Crippen LogP contribution in [0, 0.1) is 11.8 Å². The van der Waals surface area contributed by atoms with Gasteiger partial charge in [0.2, 0.25) is 12.5 Å². The average molecular weight is 501 g/mol. The van der Waals surface area contributed by atoms with E-state index in [1.165, 1.54) is 35.4 Å². The second kappa shape index (κ2) is 10.2. The van der Waals surface area contributed by atoms with Crippen LogP contribution in [0.25, 0.3) is 0 Å². The summed E-state index contributed by atoms with van der Waals surface area (Å²) in [5.41, 5.74) is 1.92. The second-order valence-electron chi connectivity index (χ2n) is 8.17. The molecular formula is C25H27NO10. The number of hydrogen-bond acceptors (Lipinski definition) is 11. The molecule has 0 spiro atoms. The highest BCUT2D eigenvalue weighted by atomic mass is 16.7. The van der Waals surface area contributed by atoms with E-state index in [1.807, 2.05) is 0 Å². The fourth-order valence-corrected chi connectivity index (χ4v) is 4.85. The predicted molar refractivity (Wildman–Crippen MR) is 124 cm³/mol. The zero-order chi connectivity index (χ0) is 26.0. The predicted octanol–water partition coefficient (Wildman–Crippen LogP) is 2.73. The molecule has 2 aliphatic rings. The first-order valence-electron chi connectivity index (χ1n) is 11.0. The minimum absolute atomic E-state index is 0.0238. The van der Waals surface area contributed by atoms with E-state index < -0.39 is 29.7 Å². The van der Waals surface area contributed by atoms with Crippen LogP contribution in [-0.4, -0.2) is 64.7 Å². The molecule has 0 unspecified atom stereocenters. The highest BCUT2D eigenvalue weighted by Crippen LogP contribution is 2.51. The fraction of sp³-hybridized carbons (Fsp3) is 0.400. The van der Waals surface area contributed by atoms with E-state index in [9.17, 15) is 14.8 Å². The number of esters is 2. The number of hydrogen-bond donors (Lipinski definition) is 1. The molecule has 1 aliphatic carbocycles. The minimum Gasteiger partial charge on any atom is -0.493 e. The first-order valence-corrected chi connectivity index (χ1v) is 11.0. The van der Waals surface area contributed by atoms with E-state index in [0.717, 1.165) is 0 Å². The summed E-state index contributed by atoms with van der Waals surface area (Å²) in [6.07, 6.45) is 0. The number of carbonyl (C=O) groups excluding carboxylic acids is 2. The number of nitrogens with zero attached hydrogens (tertiary/aromatic N) is 1. The number of carbonyl (C=O) groups is 2. The topological polar surface area (TPSA) is 131 Å². The van der Waals surface area contributed by atoms with Crippen molar-refractivity contribution in [1.29, 1.82) is 0 Å². The molecule has 3 atom stereocenters. The van der Waals surface area contributed by atoms with Crippen LogP contribution in [-0.2, 0) is 19.1 Å². The summed E-state index contributed by atoms with van der Waals surface area (Å²) >= 11 is 0. The van der Waals surface area contributed by atoms with Gasteiger partial charge in [-0.25, -0.2) is 0 Å². The lowest BCUT2D eigenvalue weighted by Gasteiger charge is -2.38. The molecule has 0 bridgehead atoms. The third kappa shape index (κ3) is 4.21. The summed E-state index contributed by atoms with van der Waals surface area (Å²) in [6, 6.07) is 6.90. The highest BCUT2D eigenvalue weighted by molar-refractivity contribution is 6.08. The second-order valence-corrected chi connectivity index (χ2v) is 8.17. The molecule has 0 aromatic heterocycles. The summed E-state index contributed by atoms with van der Waals surface area (Å²) in [5.74, 6) is -1.50. The van der Waals surface area contributed by atoms with Gasteiger partial charge in [0.05, 0.1) is 46.0 Å². The number of methoxy groups -OCH3 is 4. The minimum atomic E-state index is -0.948. The van der Waals surface area contributed by atoms with Gasteiger partial charge in [-0.3, -0.25) is 9.59 Å². The molecule has 0 fully saturated rings. The number of rotatable bonds is 7. The Labute approximate surface area is 207 Å². The van der Waals surface area contributed by atoms with Crippen molar-refractivity contribution in [1.82, 2.24) is 0 Å². The van der Waals surface area contributed by atoms with Crippen LogP contribution in [0.4, 0.5) is 0 Å². The van der Waals surface area contributed by atoms with Crippen LogP contribution in [0.2, 0.25) is 0 Å². The molecule has 2 aromatic carbocycles. The Hall–Kier alpha value is -4.15. The van der Waals surface area contributed by atoms with Crippen LogP contribution >= 0.6 is 0 Å². The van der Waals surface area contributed by atoms with E-state index >= 15 is 0 Å². The standard InChI is InChI=1S/C25H27NO10/c1-12(27)34-10-16-22(25(28)33-5)21(13-6-19(30-2)24(32-4)20(7-13)31-3)14-8-17-18(36-11-35-17)9-15(14)23(16)26-29/h6-9,16,21-22,29H,10-11H2,1-5H3/b26-23+/t16-,21+,22+/m0/s1. The third-order valence-electron chi connectivity index (χ3n) is 6.39. The smallest absolute Gasteiger partial charge is 0.310 e. The third-order valence-corrected chi connectivity index (χ3v) is 6.39. The van der Waals surface area contributed by atoms with Crippen molar-refractivity contribution < 1.29 is 48.0 Å². The Balaban J connectivity index is 2.02. The zero-order valence-corrected chi connectivity index (χ0v) is 20.5. The molecule has 0 saturated carbocycles. The van der Waals surface area contributed by atoms with Gasteiger partial charge in [0.15, 0.2) is 23.0 Å². The van der Waals surface area contributed by atoms with Gasteiger partial charge in [0.25, 0.3) is 0 Å². The Bertz CT molecular complexity index is 1180. The zero-order valence-electron chi connectivity index (χ0n) is 20.5. The summed E-state index contributed by atoms with van der Waals surface area (Å²) in [4.78, 5) is 25.0. The van der Waals surface area contributed by atoms with E-state index in [2.05, 4.69) is 5.16 Å². The van der Waals surface area contributed by atoms with Crippen molar-refractivity contribution in [3.8, 4) is 28.7 Å². The van der Waals surface area contributed by atoms with Crippen molar-refractivity contribution >= 4 is 17.7 Å². The first kappa shape index (κ1) is 25.0. The maximum Gasteiger partial charge on any atom is 0.310 e. The summed E-state index contributed by atoms with van der Waals surface area (Å²) in [7, 11) is 5.74. The first-order chi connectivity index (χ1) is 17.4. The number of oxime groups is 1. The van der Waals surface area contributed by atoms with Crippen molar-refractivity contribution in [2.24, 2.45) is 17.0 Å². The van der Waals surface area contributed by atoms with Gasteiger partial charge in [-0.1, -0.05) is 5.16 Å². The van der Waals surface area contributed by atoms with Gasteiger partial charge in [0, 0.05) is 18.4 Å². The van der Waals surface area contributed by atoms with Crippen LogP contribution in [0.3, 0.4) is 0 Å². The number of ether oxygens (including phenoxy) is 7.